The number of hydrogen-bond donors (Lipinski definition) is 3. The Kier molecular flexibility index (Phi) is 5.76. The van der Waals surface area contributed by atoms with Gasteiger partial charge in [0.05, 0.1) is 5.60 Å². The lowest BCUT2D eigenvalue weighted by molar-refractivity contribution is 0.0173. The number of aryl methyl sites for hydroxylation is 1. The van der Waals surface area contributed by atoms with Crippen molar-refractivity contribution in [1.29, 1.82) is 0 Å². The Balaban J connectivity index is 1.52. The Bertz CT molecular complexity index is 350. The van der Waals surface area contributed by atoms with Crippen LogP contribution in [0.4, 0.5) is 0 Å². The molecular weight excluding hydrogens is 238 g/mol. The average molecular weight is 263 g/mol. The maximum absolute atomic E-state index is 10.3. The number of unbranched alkanes of at least 4 members (excludes halogenated alkanes) is 1. The topological polar surface area (TPSA) is 57.2 Å². The third-order valence-electron chi connectivity index (χ3n) is 3.67. The number of β-amino-alcohol motifs (C(OH)–C–C–N with tert-alkyl or cyclic N) is 1. The average Bonchev–Trinajstić information content (AvgIpc) is 2.44. The molecule has 0 amide bonds. The molecule has 0 unspecified atom stereocenters. The van der Waals surface area contributed by atoms with Crippen LogP contribution < -0.4 is 10.6 Å². The van der Waals surface area contributed by atoms with Crippen LogP contribution in [0.3, 0.4) is 0 Å². The van der Waals surface area contributed by atoms with Crippen LogP contribution in [0.5, 0.6) is 0 Å². The fourth-order valence-electron chi connectivity index (χ4n) is 2.53. The molecule has 1 aromatic heterocycles. The quantitative estimate of drug-likeness (QED) is 0.645. The molecule has 0 aliphatic carbocycles. The monoisotopic (exact) mass is 263 g/mol. The molecule has 3 N–H and O–H groups in total. The minimum absolute atomic E-state index is 0.542. The fourth-order valence-corrected chi connectivity index (χ4v) is 2.53. The molecule has 1 fully saturated rings. The van der Waals surface area contributed by atoms with Crippen molar-refractivity contribution in [3.8, 4) is 0 Å². The van der Waals surface area contributed by atoms with Crippen LogP contribution in [0.2, 0.25) is 0 Å². The lowest BCUT2D eigenvalue weighted by Crippen LogP contribution is -2.52. The van der Waals surface area contributed by atoms with Gasteiger partial charge in [-0.1, -0.05) is 6.07 Å². The largest absolute Gasteiger partial charge is 0.387 e. The van der Waals surface area contributed by atoms with Gasteiger partial charge in [0.1, 0.15) is 0 Å². The summed E-state index contributed by atoms with van der Waals surface area (Å²) in [5.41, 5.74) is 0.622. The molecule has 0 bridgehead atoms. The zero-order chi connectivity index (χ0) is 13.4. The van der Waals surface area contributed by atoms with Gasteiger partial charge in [0.2, 0.25) is 0 Å². The third-order valence-corrected chi connectivity index (χ3v) is 3.67. The van der Waals surface area contributed by atoms with Crippen molar-refractivity contribution in [2.45, 2.75) is 37.7 Å². The Labute approximate surface area is 115 Å². The maximum atomic E-state index is 10.3. The smallest absolute Gasteiger partial charge is 0.0895 e. The van der Waals surface area contributed by atoms with Gasteiger partial charge in [-0.25, -0.2) is 0 Å². The first-order chi connectivity index (χ1) is 9.29. The summed E-state index contributed by atoms with van der Waals surface area (Å²) < 4.78 is 0. The second-order valence-electron chi connectivity index (χ2n) is 5.46. The highest BCUT2D eigenvalue weighted by atomic mass is 16.3. The van der Waals surface area contributed by atoms with E-state index in [1.54, 1.807) is 0 Å². The van der Waals surface area contributed by atoms with E-state index in [-0.39, 0.29) is 0 Å². The molecule has 19 heavy (non-hydrogen) atoms. The van der Waals surface area contributed by atoms with E-state index in [1.165, 1.54) is 0 Å². The Morgan fingerprint density at radius 2 is 2.32 bits per heavy atom. The van der Waals surface area contributed by atoms with Crippen molar-refractivity contribution in [1.82, 2.24) is 15.6 Å². The molecular formula is C15H25N3O. The SMILES string of the molecule is O[C@]1(CNCCCCc2ccccn2)CCCNC1. The van der Waals surface area contributed by atoms with Crippen LogP contribution in [-0.2, 0) is 6.42 Å². The number of piperidine rings is 1. The molecule has 0 saturated carbocycles. The highest BCUT2D eigenvalue weighted by Gasteiger charge is 2.28. The highest BCUT2D eigenvalue weighted by Crippen LogP contribution is 2.14. The van der Waals surface area contributed by atoms with Gasteiger partial charge >= 0.3 is 0 Å². The summed E-state index contributed by atoms with van der Waals surface area (Å²) in [4.78, 5) is 4.31. The summed E-state index contributed by atoms with van der Waals surface area (Å²) >= 11 is 0. The molecule has 1 aromatic rings. The van der Waals surface area contributed by atoms with Crippen LogP contribution in [0.25, 0.3) is 0 Å². The molecule has 0 radical (unpaired) electrons. The second kappa shape index (κ2) is 7.58. The van der Waals surface area contributed by atoms with E-state index in [1.807, 2.05) is 18.3 Å². The van der Waals surface area contributed by atoms with Gasteiger partial charge in [-0.3, -0.25) is 4.98 Å². The summed E-state index contributed by atoms with van der Waals surface area (Å²) in [6.07, 6.45) is 7.12. The Hall–Kier alpha value is -0.970. The summed E-state index contributed by atoms with van der Waals surface area (Å²) in [6.45, 7) is 3.42. The molecule has 1 aliphatic heterocycles. The first-order valence-corrected chi connectivity index (χ1v) is 7.32. The van der Waals surface area contributed by atoms with Crippen LogP contribution in [0.15, 0.2) is 24.4 Å². The summed E-state index contributed by atoms with van der Waals surface area (Å²) in [6, 6.07) is 6.06. The zero-order valence-corrected chi connectivity index (χ0v) is 11.6. The van der Waals surface area contributed by atoms with Crippen molar-refractivity contribution in [3.63, 3.8) is 0 Å². The van der Waals surface area contributed by atoms with Crippen molar-refractivity contribution in [3.05, 3.63) is 30.1 Å². The first kappa shape index (κ1) is 14.4. The van der Waals surface area contributed by atoms with Crippen molar-refractivity contribution < 1.29 is 5.11 Å². The van der Waals surface area contributed by atoms with E-state index >= 15 is 0 Å². The number of pyridine rings is 1. The highest BCUT2D eigenvalue weighted by molar-refractivity contribution is 5.03. The van der Waals surface area contributed by atoms with E-state index in [9.17, 15) is 5.11 Å². The predicted molar refractivity (Wildman–Crippen MR) is 77.1 cm³/mol. The van der Waals surface area contributed by atoms with Crippen molar-refractivity contribution in [2.24, 2.45) is 0 Å². The number of rotatable bonds is 7. The van der Waals surface area contributed by atoms with Crippen LogP contribution in [-0.4, -0.2) is 41.9 Å². The van der Waals surface area contributed by atoms with E-state index in [4.69, 9.17) is 0 Å². The van der Waals surface area contributed by atoms with E-state index in [0.717, 1.165) is 50.9 Å². The van der Waals surface area contributed by atoms with Gasteiger partial charge in [-0.05, 0) is 57.3 Å². The standard InChI is InChI=1S/C15H25N3O/c19-15(8-5-10-17-13-15)12-16-9-3-1-6-14-7-2-4-11-18-14/h2,4,7,11,16-17,19H,1,3,5-6,8-10,12-13H2/t15-/m0/s1. The van der Waals surface area contributed by atoms with Gasteiger partial charge in [0, 0.05) is 25.0 Å². The van der Waals surface area contributed by atoms with Crippen LogP contribution in [0, 0.1) is 0 Å². The van der Waals surface area contributed by atoms with E-state index in [0.29, 0.717) is 13.1 Å². The molecule has 0 aromatic carbocycles. The lowest BCUT2D eigenvalue weighted by atomic mass is 9.94. The Morgan fingerprint density at radius 1 is 1.37 bits per heavy atom. The molecule has 4 nitrogen and oxygen atoms in total. The predicted octanol–water partition coefficient (Wildman–Crippen LogP) is 1.11. The molecule has 106 valence electrons. The van der Waals surface area contributed by atoms with Gasteiger partial charge in [0.15, 0.2) is 0 Å². The van der Waals surface area contributed by atoms with Crippen LogP contribution in [0.1, 0.15) is 31.4 Å². The normalized spacial score (nSPS) is 23.4. The molecule has 2 heterocycles. The molecule has 0 spiro atoms. The van der Waals surface area contributed by atoms with E-state index < -0.39 is 5.60 Å². The molecule has 1 atom stereocenters. The van der Waals surface area contributed by atoms with Gasteiger partial charge in [0.25, 0.3) is 0 Å². The molecule has 2 rings (SSSR count). The maximum Gasteiger partial charge on any atom is 0.0895 e. The number of nitrogens with zero attached hydrogens (tertiary/aromatic N) is 1. The summed E-state index contributed by atoms with van der Waals surface area (Å²) in [5.74, 6) is 0. The Morgan fingerprint density at radius 3 is 3.05 bits per heavy atom. The molecule has 1 aliphatic rings. The third kappa shape index (κ3) is 5.27. The number of aromatic nitrogens is 1. The summed E-state index contributed by atoms with van der Waals surface area (Å²) in [5, 5.41) is 16.9. The van der Waals surface area contributed by atoms with E-state index in [2.05, 4.69) is 21.7 Å². The van der Waals surface area contributed by atoms with Crippen molar-refractivity contribution in [2.75, 3.05) is 26.2 Å². The summed E-state index contributed by atoms with van der Waals surface area (Å²) in [7, 11) is 0. The van der Waals surface area contributed by atoms with Gasteiger partial charge < -0.3 is 15.7 Å². The van der Waals surface area contributed by atoms with Gasteiger partial charge in [-0.15, -0.1) is 0 Å². The number of aliphatic hydroxyl groups is 1. The first-order valence-electron chi connectivity index (χ1n) is 7.32. The number of hydrogen-bond acceptors (Lipinski definition) is 4. The van der Waals surface area contributed by atoms with Gasteiger partial charge in [-0.2, -0.15) is 0 Å². The molecule has 1 saturated heterocycles. The van der Waals surface area contributed by atoms with Crippen molar-refractivity contribution >= 4 is 0 Å². The van der Waals surface area contributed by atoms with Crippen LogP contribution >= 0.6 is 0 Å². The lowest BCUT2D eigenvalue weighted by Gasteiger charge is -2.32. The number of nitrogens with one attached hydrogen (secondary N) is 2. The minimum Gasteiger partial charge on any atom is -0.387 e. The zero-order valence-electron chi connectivity index (χ0n) is 11.6. The fraction of sp³-hybridized carbons (Fsp3) is 0.667. The molecule has 4 heteroatoms. The second-order valence-corrected chi connectivity index (χ2v) is 5.46. The minimum atomic E-state index is -0.542.